The van der Waals surface area contributed by atoms with Crippen LogP contribution >= 0.6 is 0 Å². The van der Waals surface area contributed by atoms with Gasteiger partial charge in [0, 0.05) is 31.4 Å². The van der Waals surface area contributed by atoms with Gasteiger partial charge >= 0.3 is 0 Å². The summed E-state index contributed by atoms with van der Waals surface area (Å²) in [5, 5.41) is 7.51. The second-order valence-corrected chi connectivity index (χ2v) is 5.54. The molecule has 2 aromatic heterocycles. The van der Waals surface area contributed by atoms with Crippen LogP contribution in [0.2, 0.25) is 0 Å². The molecule has 0 aliphatic carbocycles. The average Bonchev–Trinajstić information content (AvgIpc) is 3.07. The van der Waals surface area contributed by atoms with Crippen LogP contribution in [-0.2, 0) is 18.3 Å². The van der Waals surface area contributed by atoms with E-state index in [4.69, 9.17) is 4.74 Å². The number of nitrogens with one attached hydrogen (secondary N) is 1. The first kappa shape index (κ1) is 16.7. The third kappa shape index (κ3) is 4.67. The molecule has 0 aliphatic rings. The van der Waals surface area contributed by atoms with Gasteiger partial charge < -0.3 is 10.1 Å². The second kappa shape index (κ2) is 8.10. The van der Waals surface area contributed by atoms with Gasteiger partial charge in [-0.2, -0.15) is 5.10 Å². The molecule has 128 valence electrons. The summed E-state index contributed by atoms with van der Waals surface area (Å²) in [6, 6.07) is 10.3. The maximum absolute atomic E-state index is 5.19. The minimum Gasteiger partial charge on any atom is -0.501 e. The summed E-state index contributed by atoms with van der Waals surface area (Å²) < 4.78 is 6.99. The molecule has 25 heavy (non-hydrogen) atoms. The van der Waals surface area contributed by atoms with Gasteiger partial charge in [0.2, 0.25) is 0 Å². The SMILES string of the molecule is CCO/C=C/c1cc(NCc2ccc(-c3cnn(C)c3)cc2)ncn1. The van der Waals surface area contributed by atoms with Crippen molar-refractivity contribution < 1.29 is 4.74 Å². The topological polar surface area (TPSA) is 64.9 Å². The van der Waals surface area contributed by atoms with Crippen LogP contribution < -0.4 is 5.32 Å². The molecule has 0 spiro atoms. The van der Waals surface area contributed by atoms with Crippen molar-refractivity contribution in [2.24, 2.45) is 7.05 Å². The molecule has 0 unspecified atom stereocenters. The van der Waals surface area contributed by atoms with E-state index in [0.717, 1.165) is 22.6 Å². The zero-order valence-electron chi connectivity index (χ0n) is 14.4. The zero-order chi connectivity index (χ0) is 17.5. The highest BCUT2D eigenvalue weighted by Crippen LogP contribution is 2.19. The zero-order valence-corrected chi connectivity index (χ0v) is 14.4. The van der Waals surface area contributed by atoms with Gasteiger partial charge in [0.1, 0.15) is 12.1 Å². The first-order valence-corrected chi connectivity index (χ1v) is 8.16. The highest BCUT2D eigenvalue weighted by atomic mass is 16.5. The molecule has 0 bridgehead atoms. The lowest BCUT2D eigenvalue weighted by Crippen LogP contribution is -2.02. The summed E-state index contributed by atoms with van der Waals surface area (Å²) in [5.41, 5.74) is 4.25. The van der Waals surface area contributed by atoms with Crippen LogP contribution in [0.1, 0.15) is 18.2 Å². The van der Waals surface area contributed by atoms with E-state index in [1.54, 1.807) is 17.3 Å². The van der Waals surface area contributed by atoms with Gasteiger partial charge in [0.25, 0.3) is 0 Å². The molecule has 0 amide bonds. The van der Waals surface area contributed by atoms with E-state index >= 15 is 0 Å². The first-order valence-electron chi connectivity index (χ1n) is 8.16. The Kier molecular flexibility index (Phi) is 5.41. The van der Waals surface area contributed by atoms with E-state index in [0.29, 0.717) is 13.2 Å². The van der Waals surface area contributed by atoms with Crippen LogP contribution in [0.5, 0.6) is 0 Å². The maximum atomic E-state index is 5.19. The van der Waals surface area contributed by atoms with Crippen molar-refractivity contribution in [1.29, 1.82) is 0 Å². The fraction of sp³-hybridized carbons (Fsp3) is 0.211. The van der Waals surface area contributed by atoms with Crippen molar-refractivity contribution in [3.63, 3.8) is 0 Å². The van der Waals surface area contributed by atoms with Crippen LogP contribution in [0.3, 0.4) is 0 Å². The number of hydrogen-bond donors (Lipinski definition) is 1. The molecule has 0 atom stereocenters. The number of anilines is 1. The summed E-state index contributed by atoms with van der Waals surface area (Å²) in [5.74, 6) is 0.780. The summed E-state index contributed by atoms with van der Waals surface area (Å²) in [6.07, 6.45) is 8.87. The predicted octanol–water partition coefficient (Wildman–Crippen LogP) is 3.50. The molecule has 6 nitrogen and oxygen atoms in total. The molecule has 2 heterocycles. The molecule has 0 fully saturated rings. The average molecular weight is 335 g/mol. The van der Waals surface area contributed by atoms with Crippen molar-refractivity contribution in [3.8, 4) is 11.1 Å². The minimum atomic E-state index is 0.641. The van der Waals surface area contributed by atoms with Gasteiger partial charge in [0.15, 0.2) is 0 Å². The van der Waals surface area contributed by atoms with Crippen LogP contribution in [-0.4, -0.2) is 26.4 Å². The standard InChI is InChI=1S/C19H21N5O/c1-3-25-9-8-18-10-19(22-14-21-18)20-11-15-4-6-16(7-5-15)17-12-23-24(2)13-17/h4-10,12-14H,3,11H2,1-2H3,(H,20,21,22)/b9-8+. The number of benzene rings is 1. The number of hydrogen-bond acceptors (Lipinski definition) is 5. The Morgan fingerprint density at radius 3 is 2.72 bits per heavy atom. The molecular weight excluding hydrogens is 314 g/mol. The molecule has 6 heteroatoms. The largest absolute Gasteiger partial charge is 0.501 e. The molecule has 1 aromatic carbocycles. The predicted molar refractivity (Wildman–Crippen MR) is 98.7 cm³/mol. The van der Waals surface area contributed by atoms with E-state index < -0.39 is 0 Å². The Morgan fingerprint density at radius 1 is 1.16 bits per heavy atom. The van der Waals surface area contributed by atoms with Gasteiger partial charge in [-0.05, 0) is 24.1 Å². The number of nitrogens with zero attached hydrogens (tertiary/aromatic N) is 4. The number of rotatable bonds is 7. The third-order valence-electron chi connectivity index (χ3n) is 3.66. The van der Waals surface area contributed by atoms with Gasteiger partial charge in [-0.25, -0.2) is 9.97 Å². The van der Waals surface area contributed by atoms with Crippen LogP contribution in [0.4, 0.5) is 5.82 Å². The van der Waals surface area contributed by atoms with E-state index in [2.05, 4.69) is 44.6 Å². The van der Waals surface area contributed by atoms with Crippen molar-refractivity contribution in [1.82, 2.24) is 19.7 Å². The van der Waals surface area contributed by atoms with E-state index in [1.165, 1.54) is 5.56 Å². The monoisotopic (exact) mass is 335 g/mol. The number of ether oxygens (including phenoxy) is 1. The first-order chi connectivity index (χ1) is 12.2. The van der Waals surface area contributed by atoms with E-state index in [9.17, 15) is 0 Å². The van der Waals surface area contributed by atoms with Gasteiger partial charge in [-0.15, -0.1) is 0 Å². The Morgan fingerprint density at radius 2 is 2.00 bits per heavy atom. The van der Waals surface area contributed by atoms with Gasteiger partial charge in [-0.3, -0.25) is 4.68 Å². The van der Waals surface area contributed by atoms with Gasteiger partial charge in [0.05, 0.1) is 24.8 Å². The number of aromatic nitrogens is 4. The van der Waals surface area contributed by atoms with E-state index in [1.807, 2.05) is 38.5 Å². The number of aryl methyl sites for hydroxylation is 1. The van der Waals surface area contributed by atoms with Gasteiger partial charge in [-0.1, -0.05) is 24.3 Å². The molecule has 0 aliphatic heterocycles. The normalized spacial score (nSPS) is 11.0. The lowest BCUT2D eigenvalue weighted by Gasteiger charge is -2.07. The van der Waals surface area contributed by atoms with Crippen LogP contribution in [0.25, 0.3) is 17.2 Å². The molecule has 1 N–H and O–H groups in total. The molecule has 3 aromatic rings. The lowest BCUT2D eigenvalue weighted by molar-refractivity contribution is 0.272. The molecular formula is C19H21N5O. The molecule has 0 saturated carbocycles. The molecule has 3 rings (SSSR count). The summed E-state index contributed by atoms with van der Waals surface area (Å²) in [7, 11) is 1.92. The fourth-order valence-corrected chi connectivity index (χ4v) is 2.35. The maximum Gasteiger partial charge on any atom is 0.130 e. The Balaban J connectivity index is 1.61. The van der Waals surface area contributed by atoms with Crippen molar-refractivity contribution in [2.45, 2.75) is 13.5 Å². The van der Waals surface area contributed by atoms with Crippen LogP contribution in [0.15, 0.2) is 55.3 Å². The molecule has 0 saturated heterocycles. The van der Waals surface area contributed by atoms with Crippen LogP contribution in [0, 0.1) is 0 Å². The summed E-state index contributed by atoms with van der Waals surface area (Å²) >= 11 is 0. The smallest absolute Gasteiger partial charge is 0.130 e. The highest BCUT2D eigenvalue weighted by molar-refractivity contribution is 5.62. The Labute approximate surface area is 147 Å². The molecule has 0 radical (unpaired) electrons. The van der Waals surface area contributed by atoms with Crippen molar-refractivity contribution in [3.05, 3.63) is 66.6 Å². The summed E-state index contributed by atoms with van der Waals surface area (Å²) in [6.45, 7) is 3.28. The minimum absolute atomic E-state index is 0.641. The Hall–Kier alpha value is -3.15. The Bertz CT molecular complexity index is 839. The van der Waals surface area contributed by atoms with E-state index in [-0.39, 0.29) is 0 Å². The quantitative estimate of drug-likeness (QED) is 0.670. The lowest BCUT2D eigenvalue weighted by atomic mass is 10.1. The van der Waals surface area contributed by atoms with Crippen molar-refractivity contribution in [2.75, 3.05) is 11.9 Å². The second-order valence-electron chi connectivity index (χ2n) is 5.54. The third-order valence-corrected chi connectivity index (χ3v) is 3.66. The summed E-state index contributed by atoms with van der Waals surface area (Å²) in [4.78, 5) is 8.43. The fourth-order valence-electron chi connectivity index (χ4n) is 2.35. The highest BCUT2D eigenvalue weighted by Gasteiger charge is 2.01. The van der Waals surface area contributed by atoms with Crippen molar-refractivity contribution >= 4 is 11.9 Å².